The second-order valence-electron chi connectivity index (χ2n) is 5.26. The van der Waals surface area contributed by atoms with Gasteiger partial charge >= 0.3 is 5.97 Å². The van der Waals surface area contributed by atoms with Crippen molar-refractivity contribution in [2.24, 2.45) is 5.92 Å². The molecule has 1 amide bonds. The Bertz CT molecular complexity index is 490. The summed E-state index contributed by atoms with van der Waals surface area (Å²) in [7, 11) is 0. The third-order valence-corrected chi connectivity index (χ3v) is 3.33. The van der Waals surface area contributed by atoms with Crippen LogP contribution in [-0.2, 0) is 16.0 Å². The van der Waals surface area contributed by atoms with E-state index in [1.54, 1.807) is 11.0 Å². The van der Waals surface area contributed by atoms with E-state index in [0.717, 1.165) is 5.56 Å². The second kappa shape index (κ2) is 8.39. The Balaban J connectivity index is 2.50. The first-order chi connectivity index (χ1) is 9.92. The molecule has 0 saturated heterocycles. The highest BCUT2D eigenvalue weighted by Crippen LogP contribution is 2.14. The molecular weight excluding hydrogens is 273 g/mol. The molecule has 1 aromatic carbocycles. The zero-order valence-electron chi connectivity index (χ0n) is 12.5. The van der Waals surface area contributed by atoms with Gasteiger partial charge in [0.25, 0.3) is 0 Å². The number of carboxylic acid groups (broad SMARTS) is 1. The van der Waals surface area contributed by atoms with E-state index >= 15 is 0 Å². The minimum atomic E-state index is -0.908. The summed E-state index contributed by atoms with van der Waals surface area (Å²) in [5.74, 6) is -1.16. The fourth-order valence-corrected chi connectivity index (χ4v) is 2.26. The number of amides is 1. The first-order valence-corrected chi connectivity index (χ1v) is 7.16. The van der Waals surface area contributed by atoms with Crippen LogP contribution in [0.15, 0.2) is 24.3 Å². The Morgan fingerprint density at radius 3 is 2.67 bits per heavy atom. The summed E-state index contributed by atoms with van der Waals surface area (Å²) < 4.78 is 13.1. The Morgan fingerprint density at radius 1 is 1.38 bits per heavy atom. The van der Waals surface area contributed by atoms with Crippen LogP contribution in [-0.4, -0.2) is 35.0 Å². The Morgan fingerprint density at radius 2 is 2.10 bits per heavy atom. The maximum Gasteiger partial charge on any atom is 0.305 e. The van der Waals surface area contributed by atoms with Gasteiger partial charge in [-0.05, 0) is 37.0 Å². The highest BCUT2D eigenvalue weighted by Gasteiger charge is 2.16. The van der Waals surface area contributed by atoms with Crippen molar-refractivity contribution >= 4 is 11.9 Å². The summed E-state index contributed by atoms with van der Waals surface area (Å²) in [6, 6.07) is 6.36. The van der Waals surface area contributed by atoms with Crippen molar-refractivity contribution in [3.05, 3.63) is 35.6 Å². The van der Waals surface area contributed by atoms with Gasteiger partial charge in [0.2, 0.25) is 5.91 Å². The zero-order chi connectivity index (χ0) is 15.8. The van der Waals surface area contributed by atoms with Crippen LogP contribution in [0.1, 0.15) is 32.3 Å². The molecule has 0 heterocycles. The summed E-state index contributed by atoms with van der Waals surface area (Å²) >= 11 is 0. The van der Waals surface area contributed by atoms with Crippen molar-refractivity contribution in [2.45, 2.75) is 33.1 Å². The normalized spacial score (nSPS) is 12.0. The lowest BCUT2D eigenvalue weighted by Crippen LogP contribution is -2.33. The lowest BCUT2D eigenvalue weighted by Gasteiger charge is -2.22. The standard InChI is InChI=1S/C16H22FNO3/c1-3-18(8-7-16(20)21)15(19)10-12(2)9-13-5-4-6-14(17)11-13/h4-6,11-12H,3,7-10H2,1-2H3,(H,20,21). The quantitative estimate of drug-likeness (QED) is 0.802. The molecule has 0 spiro atoms. The number of rotatable bonds is 8. The van der Waals surface area contributed by atoms with Gasteiger partial charge in [-0.25, -0.2) is 4.39 Å². The molecule has 1 unspecified atom stereocenters. The highest BCUT2D eigenvalue weighted by atomic mass is 19.1. The van der Waals surface area contributed by atoms with Crippen molar-refractivity contribution in [2.75, 3.05) is 13.1 Å². The number of aliphatic carboxylic acids is 1. The molecule has 1 N–H and O–H groups in total. The summed E-state index contributed by atoms with van der Waals surface area (Å²) in [6.45, 7) is 4.50. The van der Waals surface area contributed by atoms with Gasteiger partial charge in [-0.15, -0.1) is 0 Å². The molecule has 0 aliphatic heterocycles. The Hall–Kier alpha value is -1.91. The lowest BCUT2D eigenvalue weighted by molar-refractivity contribution is -0.138. The van der Waals surface area contributed by atoms with Crippen LogP contribution in [0.4, 0.5) is 4.39 Å². The number of carbonyl (C=O) groups is 2. The van der Waals surface area contributed by atoms with E-state index in [1.165, 1.54) is 12.1 Å². The van der Waals surface area contributed by atoms with Gasteiger partial charge in [-0.3, -0.25) is 9.59 Å². The van der Waals surface area contributed by atoms with Gasteiger partial charge in [0.1, 0.15) is 5.82 Å². The van der Waals surface area contributed by atoms with Gasteiger partial charge in [0.05, 0.1) is 6.42 Å². The maximum absolute atomic E-state index is 13.1. The SMILES string of the molecule is CCN(CCC(=O)O)C(=O)CC(C)Cc1cccc(F)c1. The predicted molar refractivity (Wildman–Crippen MR) is 78.4 cm³/mol. The predicted octanol–water partition coefficient (Wildman–Crippen LogP) is 2.72. The number of carboxylic acids is 1. The van der Waals surface area contributed by atoms with Crippen molar-refractivity contribution < 1.29 is 19.1 Å². The second-order valence-corrected chi connectivity index (χ2v) is 5.26. The van der Waals surface area contributed by atoms with Crippen LogP contribution in [0.3, 0.4) is 0 Å². The van der Waals surface area contributed by atoms with E-state index < -0.39 is 5.97 Å². The number of carbonyl (C=O) groups excluding carboxylic acids is 1. The van der Waals surface area contributed by atoms with Crippen molar-refractivity contribution in [3.8, 4) is 0 Å². The van der Waals surface area contributed by atoms with Gasteiger partial charge < -0.3 is 10.0 Å². The van der Waals surface area contributed by atoms with Crippen molar-refractivity contribution in [1.29, 1.82) is 0 Å². The molecule has 21 heavy (non-hydrogen) atoms. The van der Waals surface area contributed by atoms with Crippen LogP contribution in [0, 0.1) is 11.7 Å². The first kappa shape index (κ1) is 17.1. The first-order valence-electron chi connectivity index (χ1n) is 7.16. The maximum atomic E-state index is 13.1. The van der Waals surface area contributed by atoms with E-state index in [2.05, 4.69) is 0 Å². The molecule has 0 fully saturated rings. The Labute approximate surface area is 124 Å². The number of benzene rings is 1. The molecule has 1 atom stereocenters. The van der Waals surface area contributed by atoms with Crippen LogP contribution >= 0.6 is 0 Å². The van der Waals surface area contributed by atoms with Gasteiger partial charge in [0, 0.05) is 19.5 Å². The monoisotopic (exact) mass is 295 g/mol. The minimum absolute atomic E-state index is 0.0438. The van der Waals surface area contributed by atoms with Crippen molar-refractivity contribution in [1.82, 2.24) is 4.90 Å². The summed E-state index contributed by atoms with van der Waals surface area (Å²) in [5, 5.41) is 8.67. The van der Waals surface area contributed by atoms with E-state index in [1.807, 2.05) is 19.9 Å². The highest BCUT2D eigenvalue weighted by molar-refractivity contribution is 5.77. The third-order valence-electron chi connectivity index (χ3n) is 3.33. The number of nitrogens with zero attached hydrogens (tertiary/aromatic N) is 1. The molecule has 1 aromatic rings. The fourth-order valence-electron chi connectivity index (χ4n) is 2.26. The van der Waals surface area contributed by atoms with Gasteiger partial charge in [-0.1, -0.05) is 19.1 Å². The largest absolute Gasteiger partial charge is 0.481 e. The minimum Gasteiger partial charge on any atom is -0.481 e. The molecule has 0 aliphatic carbocycles. The van der Waals surface area contributed by atoms with Crippen LogP contribution < -0.4 is 0 Å². The van der Waals surface area contributed by atoms with Crippen LogP contribution in [0.25, 0.3) is 0 Å². The average molecular weight is 295 g/mol. The van der Waals surface area contributed by atoms with E-state index in [-0.39, 0.29) is 30.6 Å². The third kappa shape index (κ3) is 6.38. The lowest BCUT2D eigenvalue weighted by atomic mass is 9.97. The van der Waals surface area contributed by atoms with E-state index in [9.17, 15) is 14.0 Å². The van der Waals surface area contributed by atoms with E-state index in [0.29, 0.717) is 19.4 Å². The average Bonchev–Trinajstić information content (AvgIpc) is 2.38. The molecule has 5 heteroatoms. The summed E-state index contributed by atoms with van der Waals surface area (Å²) in [5.41, 5.74) is 0.865. The zero-order valence-corrected chi connectivity index (χ0v) is 12.5. The summed E-state index contributed by atoms with van der Waals surface area (Å²) in [4.78, 5) is 24.2. The molecule has 0 saturated carbocycles. The molecule has 0 radical (unpaired) electrons. The number of hydrogen-bond donors (Lipinski definition) is 1. The smallest absolute Gasteiger partial charge is 0.305 e. The number of hydrogen-bond acceptors (Lipinski definition) is 2. The van der Waals surface area contributed by atoms with Gasteiger partial charge in [-0.2, -0.15) is 0 Å². The van der Waals surface area contributed by atoms with Crippen LogP contribution in [0.2, 0.25) is 0 Å². The summed E-state index contributed by atoms with van der Waals surface area (Å²) in [6.07, 6.45) is 0.918. The van der Waals surface area contributed by atoms with Gasteiger partial charge in [0.15, 0.2) is 0 Å². The topological polar surface area (TPSA) is 57.6 Å². The number of halogens is 1. The van der Waals surface area contributed by atoms with E-state index in [4.69, 9.17) is 5.11 Å². The molecule has 0 aromatic heterocycles. The van der Waals surface area contributed by atoms with Crippen molar-refractivity contribution in [3.63, 3.8) is 0 Å². The molecule has 1 rings (SSSR count). The Kier molecular flexibility index (Phi) is 6.85. The van der Waals surface area contributed by atoms with Crippen LogP contribution in [0.5, 0.6) is 0 Å². The molecule has 116 valence electrons. The molecule has 0 bridgehead atoms. The molecule has 4 nitrogen and oxygen atoms in total. The molecule has 0 aliphatic rings. The fraction of sp³-hybridized carbons (Fsp3) is 0.500. The molecular formula is C16H22FNO3.